The van der Waals surface area contributed by atoms with Crippen LogP contribution in [0.3, 0.4) is 0 Å². The van der Waals surface area contributed by atoms with Crippen LogP contribution in [0.2, 0.25) is 0 Å². The highest BCUT2D eigenvalue weighted by atomic mass is 32.1. The van der Waals surface area contributed by atoms with Crippen LogP contribution in [-0.4, -0.2) is 40.0 Å². The van der Waals surface area contributed by atoms with Crippen LogP contribution >= 0.6 is 11.3 Å². The third kappa shape index (κ3) is 2.75. The Balaban J connectivity index is 1.92. The number of nitrogens with zero attached hydrogens (tertiary/aromatic N) is 2. The first-order valence-corrected chi connectivity index (χ1v) is 8.23. The van der Waals surface area contributed by atoms with Crippen molar-refractivity contribution in [1.29, 1.82) is 0 Å². The molecule has 1 aliphatic rings. The maximum Gasteiger partial charge on any atom is 0.259 e. The molecule has 2 aromatic rings. The summed E-state index contributed by atoms with van der Waals surface area (Å²) in [5.74, 6) is 0.773. The van der Waals surface area contributed by atoms with E-state index < -0.39 is 0 Å². The minimum Gasteiger partial charge on any atom is -0.311 e. The van der Waals surface area contributed by atoms with E-state index >= 15 is 0 Å². The van der Waals surface area contributed by atoms with Gasteiger partial charge in [-0.1, -0.05) is 0 Å². The molecule has 3 heterocycles. The van der Waals surface area contributed by atoms with Crippen molar-refractivity contribution in [3.05, 3.63) is 26.6 Å². The highest BCUT2D eigenvalue weighted by Gasteiger charge is 2.23. The van der Waals surface area contributed by atoms with E-state index in [1.165, 1.54) is 4.88 Å². The van der Waals surface area contributed by atoms with Gasteiger partial charge >= 0.3 is 0 Å². The molecule has 3 rings (SSSR count). The van der Waals surface area contributed by atoms with E-state index in [4.69, 9.17) is 0 Å². The molecular weight excluding hydrogens is 284 g/mol. The van der Waals surface area contributed by atoms with Gasteiger partial charge in [-0.25, -0.2) is 4.98 Å². The van der Waals surface area contributed by atoms with Crippen molar-refractivity contribution < 1.29 is 0 Å². The molecule has 6 heteroatoms. The minimum atomic E-state index is -0.00677. The highest BCUT2D eigenvalue weighted by molar-refractivity contribution is 7.18. The first-order chi connectivity index (χ1) is 9.95. The zero-order valence-electron chi connectivity index (χ0n) is 13.0. The molecule has 114 valence electrons. The maximum atomic E-state index is 12.3. The number of hydrogen-bond donors (Lipinski definition) is 2. The Labute approximate surface area is 128 Å². The average molecular weight is 306 g/mol. The second-order valence-corrected chi connectivity index (χ2v) is 7.27. The normalized spacial score (nSPS) is 23.8. The van der Waals surface area contributed by atoms with E-state index in [0.717, 1.165) is 34.7 Å². The molecule has 1 aliphatic heterocycles. The largest absolute Gasteiger partial charge is 0.311 e. The van der Waals surface area contributed by atoms with Gasteiger partial charge in [-0.15, -0.1) is 11.3 Å². The summed E-state index contributed by atoms with van der Waals surface area (Å²) >= 11 is 1.61. The summed E-state index contributed by atoms with van der Waals surface area (Å²) in [5, 5.41) is 4.22. The van der Waals surface area contributed by atoms with E-state index in [2.05, 4.69) is 34.0 Å². The van der Waals surface area contributed by atoms with E-state index in [0.29, 0.717) is 18.6 Å². The summed E-state index contributed by atoms with van der Waals surface area (Å²) < 4.78 is 0. The zero-order chi connectivity index (χ0) is 15.1. The number of fused-ring (bicyclic) bond motifs is 1. The SMILES string of the molecule is Cc1sc2nc(CN3CC(C)NCC3C)[nH]c(=O)c2c1C. The Morgan fingerprint density at radius 2 is 2.14 bits per heavy atom. The Bertz CT molecular complexity index is 720. The number of thiophene rings is 1. The Hall–Kier alpha value is -1.24. The zero-order valence-corrected chi connectivity index (χ0v) is 13.8. The molecule has 1 fully saturated rings. The highest BCUT2D eigenvalue weighted by Crippen LogP contribution is 2.25. The van der Waals surface area contributed by atoms with Crippen molar-refractivity contribution in [2.75, 3.05) is 13.1 Å². The lowest BCUT2D eigenvalue weighted by Crippen LogP contribution is -2.53. The molecular formula is C15H22N4OS. The van der Waals surface area contributed by atoms with Crippen LogP contribution in [0.5, 0.6) is 0 Å². The summed E-state index contributed by atoms with van der Waals surface area (Å²) in [7, 11) is 0. The van der Waals surface area contributed by atoms with Gasteiger partial charge in [-0.3, -0.25) is 9.69 Å². The molecule has 5 nitrogen and oxygen atoms in total. The molecule has 0 saturated carbocycles. The lowest BCUT2D eigenvalue weighted by molar-refractivity contribution is 0.135. The summed E-state index contributed by atoms with van der Waals surface area (Å²) in [6.07, 6.45) is 0. The van der Waals surface area contributed by atoms with Crippen LogP contribution < -0.4 is 10.9 Å². The van der Waals surface area contributed by atoms with Gasteiger partial charge < -0.3 is 10.3 Å². The molecule has 0 bridgehead atoms. The van der Waals surface area contributed by atoms with E-state index in [1.54, 1.807) is 11.3 Å². The number of aryl methyl sites for hydroxylation is 2. The molecule has 2 aromatic heterocycles. The van der Waals surface area contributed by atoms with E-state index in [-0.39, 0.29) is 5.56 Å². The average Bonchev–Trinajstić information content (AvgIpc) is 2.70. The molecule has 0 aliphatic carbocycles. The van der Waals surface area contributed by atoms with Gasteiger partial charge in [0.1, 0.15) is 10.7 Å². The van der Waals surface area contributed by atoms with Crippen molar-refractivity contribution in [1.82, 2.24) is 20.2 Å². The Morgan fingerprint density at radius 3 is 2.90 bits per heavy atom. The number of nitrogens with one attached hydrogen (secondary N) is 2. The number of piperazine rings is 1. The van der Waals surface area contributed by atoms with Gasteiger partial charge in [0.05, 0.1) is 11.9 Å². The number of rotatable bonds is 2. The molecule has 0 spiro atoms. The summed E-state index contributed by atoms with van der Waals surface area (Å²) in [5.41, 5.74) is 1.05. The molecule has 0 radical (unpaired) electrons. The van der Waals surface area contributed by atoms with Gasteiger partial charge in [-0.2, -0.15) is 0 Å². The maximum absolute atomic E-state index is 12.3. The summed E-state index contributed by atoms with van der Waals surface area (Å²) in [6.45, 7) is 11.1. The first-order valence-electron chi connectivity index (χ1n) is 7.42. The second-order valence-electron chi connectivity index (χ2n) is 6.06. The van der Waals surface area contributed by atoms with Gasteiger partial charge in [0.2, 0.25) is 0 Å². The standard InChI is InChI=1S/C15H22N4OS/c1-8-6-19(9(2)5-16-8)7-12-17-14(20)13-10(3)11(4)21-15(13)18-12/h8-9,16H,5-7H2,1-4H3,(H,17,18,20). The topological polar surface area (TPSA) is 61.0 Å². The van der Waals surface area contributed by atoms with Crippen molar-refractivity contribution in [3.63, 3.8) is 0 Å². The van der Waals surface area contributed by atoms with Gasteiger partial charge in [0.15, 0.2) is 0 Å². The Morgan fingerprint density at radius 1 is 1.38 bits per heavy atom. The Kier molecular flexibility index (Phi) is 3.86. The molecule has 0 amide bonds. The number of H-pyrrole nitrogens is 1. The fourth-order valence-electron chi connectivity index (χ4n) is 2.88. The van der Waals surface area contributed by atoms with Crippen LogP contribution in [0.1, 0.15) is 30.1 Å². The summed E-state index contributed by atoms with van der Waals surface area (Å²) in [4.78, 5) is 24.3. The fraction of sp³-hybridized carbons (Fsp3) is 0.600. The predicted octanol–water partition coefficient (Wildman–Crippen LogP) is 1.78. The van der Waals surface area contributed by atoms with Crippen molar-refractivity contribution in [2.24, 2.45) is 0 Å². The van der Waals surface area contributed by atoms with Crippen LogP contribution in [0.15, 0.2) is 4.79 Å². The van der Waals surface area contributed by atoms with Crippen LogP contribution in [-0.2, 0) is 6.54 Å². The van der Waals surface area contributed by atoms with Crippen LogP contribution in [0.4, 0.5) is 0 Å². The van der Waals surface area contributed by atoms with Gasteiger partial charge in [0, 0.05) is 30.1 Å². The number of aromatic amines is 1. The van der Waals surface area contributed by atoms with Crippen LogP contribution in [0, 0.1) is 13.8 Å². The summed E-state index contributed by atoms with van der Waals surface area (Å²) in [6, 6.07) is 0.928. The van der Waals surface area contributed by atoms with Gasteiger partial charge in [0.25, 0.3) is 5.56 Å². The fourth-order valence-corrected chi connectivity index (χ4v) is 3.93. The number of aromatic nitrogens is 2. The molecule has 2 atom stereocenters. The predicted molar refractivity (Wildman–Crippen MR) is 87.1 cm³/mol. The molecule has 0 aromatic carbocycles. The second kappa shape index (κ2) is 5.51. The molecule has 2 unspecified atom stereocenters. The monoisotopic (exact) mass is 306 g/mol. The van der Waals surface area contributed by atoms with E-state index in [9.17, 15) is 4.79 Å². The minimum absolute atomic E-state index is 0.00677. The lowest BCUT2D eigenvalue weighted by atomic mass is 10.1. The first kappa shape index (κ1) is 14.7. The third-order valence-corrected chi connectivity index (χ3v) is 5.44. The quantitative estimate of drug-likeness (QED) is 0.888. The molecule has 1 saturated heterocycles. The third-order valence-electron chi connectivity index (χ3n) is 4.33. The lowest BCUT2D eigenvalue weighted by Gasteiger charge is -2.37. The smallest absolute Gasteiger partial charge is 0.259 e. The van der Waals surface area contributed by atoms with Crippen molar-refractivity contribution in [2.45, 2.75) is 46.3 Å². The van der Waals surface area contributed by atoms with Crippen LogP contribution in [0.25, 0.3) is 10.2 Å². The molecule has 2 N–H and O–H groups in total. The van der Waals surface area contributed by atoms with Crippen molar-refractivity contribution in [3.8, 4) is 0 Å². The number of hydrogen-bond acceptors (Lipinski definition) is 5. The van der Waals surface area contributed by atoms with Gasteiger partial charge in [-0.05, 0) is 33.3 Å². The van der Waals surface area contributed by atoms with E-state index in [1.807, 2.05) is 13.8 Å². The molecule has 21 heavy (non-hydrogen) atoms. The van der Waals surface area contributed by atoms with Crippen molar-refractivity contribution >= 4 is 21.6 Å².